The number of nitrogens with zero attached hydrogens (tertiary/aromatic N) is 2. The molecular formula is C16H24N2O2. The molecule has 0 fully saturated rings. The van der Waals surface area contributed by atoms with Gasteiger partial charge in [-0.25, -0.2) is 4.79 Å². The van der Waals surface area contributed by atoms with E-state index in [1.807, 2.05) is 44.2 Å². The van der Waals surface area contributed by atoms with Gasteiger partial charge in [-0.15, -0.1) is 0 Å². The van der Waals surface area contributed by atoms with Gasteiger partial charge in [0.2, 0.25) is 0 Å². The van der Waals surface area contributed by atoms with Crippen LogP contribution in [0.2, 0.25) is 0 Å². The van der Waals surface area contributed by atoms with E-state index in [0.717, 1.165) is 24.3 Å². The number of rotatable bonds is 6. The van der Waals surface area contributed by atoms with Gasteiger partial charge in [-0.1, -0.05) is 12.2 Å². The van der Waals surface area contributed by atoms with Gasteiger partial charge in [0, 0.05) is 31.0 Å². The summed E-state index contributed by atoms with van der Waals surface area (Å²) in [5, 5.41) is 9.30. The topological polar surface area (TPSA) is 43.8 Å². The molecule has 0 heterocycles. The summed E-state index contributed by atoms with van der Waals surface area (Å²) < 4.78 is 0. The summed E-state index contributed by atoms with van der Waals surface area (Å²) in [5.41, 5.74) is 2.97. The molecule has 4 nitrogen and oxygen atoms in total. The highest BCUT2D eigenvalue weighted by atomic mass is 16.4. The lowest BCUT2D eigenvalue weighted by atomic mass is 10.1. The molecular weight excluding hydrogens is 252 g/mol. The summed E-state index contributed by atoms with van der Waals surface area (Å²) in [7, 11) is 0. The first-order chi connectivity index (χ1) is 9.54. The van der Waals surface area contributed by atoms with E-state index in [2.05, 4.69) is 18.7 Å². The van der Waals surface area contributed by atoms with Crippen LogP contribution >= 0.6 is 0 Å². The van der Waals surface area contributed by atoms with Crippen molar-refractivity contribution >= 4 is 17.5 Å². The van der Waals surface area contributed by atoms with Gasteiger partial charge in [0.05, 0.1) is 0 Å². The fraction of sp³-hybridized carbons (Fsp3) is 0.438. The predicted octanol–water partition coefficient (Wildman–Crippen LogP) is 3.90. The largest absolute Gasteiger partial charge is 0.465 e. The Morgan fingerprint density at radius 3 is 2.40 bits per heavy atom. The number of anilines is 2. The van der Waals surface area contributed by atoms with Crippen LogP contribution < -0.4 is 9.80 Å². The summed E-state index contributed by atoms with van der Waals surface area (Å²) in [6.45, 7) is 10.4. The molecule has 0 aliphatic carbocycles. The predicted molar refractivity (Wildman–Crippen MR) is 84.9 cm³/mol. The molecule has 0 spiro atoms. The van der Waals surface area contributed by atoms with Gasteiger partial charge < -0.3 is 10.0 Å². The highest BCUT2D eigenvalue weighted by Crippen LogP contribution is 2.25. The minimum Gasteiger partial charge on any atom is -0.465 e. The van der Waals surface area contributed by atoms with E-state index in [1.54, 1.807) is 0 Å². The van der Waals surface area contributed by atoms with Gasteiger partial charge in [-0.05, 0) is 51.5 Å². The van der Waals surface area contributed by atoms with Crippen LogP contribution in [0.25, 0.3) is 0 Å². The van der Waals surface area contributed by atoms with E-state index in [9.17, 15) is 9.90 Å². The molecule has 0 aliphatic heterocycles. The lowest BCUT2D eigenvalue weighted by Gasteiger charge is -2.25. The SMILES string of the molecule is CC=CCN(C(=O)O)c1ccc(N(CC)CC)c(C)c1. The smallest absolute Gasteiger partial charge is 0.412 e. The lowest BCUT2D eigenvalue weighted by Crippen LogP contribution is -2.29. The van der Waals surface area contributed by atoms with Crippen LogP contribution in [0.15, 0.2) is 30.4 Å². The van der Waals surface area contributed by atoms with Crippen LogP contribution in [0.3, 0.4) is 0 Å². The molecule has 110 valence electrons. The second-order valence-electron chi connectivity index (χ2n) is 4.61. The van der Waals surface area contributed by atoms with E-state index in [4.69, 9.17) is 0 Å². The highest BCUT2D eigenvalue weighted by molar-refractivity contribution is 5.87. The zero-order chi connectivity index (χ0) is 15.1. The summed E-state index contributed by atoms with van der Waals surface area (Å²) in [6.07, 6.45) is 2.76. The zero-order valence-electron chi connectivity index (χ0n) is 12.8. The minimum atomic E-state index is -0.932. The van der Waals surface area contributed by atoms with Crippen LogP contribution in [0.1, 0.15) is 26.3 Å². The van der Waals surface area contributed by atoms with Crippen molar-refractivity contribution in [1.82, 2.24) is 0 Å². The van der Waals surface area contributed by atoms with E-state index in [-0.39, 0.29) is 0 Å². The molecule has 4 heteroatoms. The fourth-order valence-corrected chi connectivity index (χ4v) is 2.23. The van der Waals surface area contributed by atoms with Gasteiger partial charge >= 0.3 is 6.09 Å². The first-order valence-corrected chi connectivity index (χ1v) is 7.02. The van der Waals surface area contributed by atoms with Gasteiger partial charge in [-0.2, -0.15) is 0 Å². The van der Waals surface area contributed by atoms with E-state index in [1.165, 1.54) is 4.90 Å². The fourth-order valence-electron chi connectivity index (χ4n) is 2.23. The Kier molecular flexibility index (Phi) is 6.10. The number of aryl methyl sites for hydroxylation is 1. The molecule has 1 N–H and O–H groups in total. The molecule has 0 aliphatic rings. The molecule has 1 rings (SSSR count). The van der Waals surface area contributed by atoms with Gasteiger partial charge in [0.15, 0.2) is 0 Å². The molecule has 1 amide bonds. The second kappa shape index (κ2) is 7.58. The Hall–Kier alpha value is -1.97. The Bertz CT molecular complexity index is 479. The van der Waals surface area contributed by atoms with Gasteiger partial charge in [-0.3, -0.25) is 4.90 Å². The third kappa shape index (κ3) is 3.76. The Morgan fingerprint density at radius 2 is 1.95 bits per heavy atom. The van der Waals surface area contributed by atoms with Crippen molar-refractivity contribution in [2.75, 3.05) is 29.4 Å². The van der Waals surface area contributed by atoms with E-state index < -0.39 is 6.09 Å². The lowest BCUT2D eigenvalue weighted by molar-refractivity contribution is 0.202. The molecule has 0 radical (unpaired) electrons. The maximum absolute atomic E-state index is 11.3. The quantitative estimate of drug-likeness (QED) is 0.801. The highest BCUT2D eigenvalue weighted by Gasteiger charge is 2.14. The first kappa shape index (κ1) is 16.1. The maximum Gasteiger partial charge on any atom is 0.412 e. The average Bonchev–Trinajstić information content (AvgIpc) is 2.42. The van der Waals surface area contributed by atoms with Crippen LogP contribution in [0.4, 0.5) is 16.2 Å². The average molecular weight is 276 g/mol. The summed E-state index contributed by atoms with van der Waals surface area (Å²) in [6, 6.07) is 5.81. The van der Waals surface area contributed by atoms with E-state index >= 15 is 0 Å². The minimum absolute atomic E-state index is 0.371. The Balaban J connectivity index is 3.08. The van der Waals surface area contributed by atoms with Crippen molar-refractivity contribution in [3.05, 3.63) is 35.9 Å². The monoisotopic (exact) mass is 276 g/mol. The molecule has 1 aromatic carbocycles. The summed E-state index contributed by atoms with van der Waals surface area (Å²) in [5.74, 6) is 0. The van der Waals surface area contributed by atoms with Crippen molar-refractivity contribution in [3.8, 4) is 0 Å². The van der Waals surface area contributed by atoms with Crippen molar-refractivity contribution in [2.24, 2.45) is 0 Å². The van der Waals surface area contributed by atoms with Gasteiger partial charge in [0.25, 0.3) is 0 Å². The van der Waals surface area contributed by atoms with Gasteiger partial charge in [0.1, 0.15) is 0 Å². The number of allylic oxidation sites excluding steroid dienone is 1. The Morgan fingerprint density at radius 1 is 1.30 bits per heavy atom. The number of hydrogen-bond donors (Lipinski definition) is 1. The van der Waals surface area contributed by atoms with Crippen LogP contribution in [-0.4, -0.2) is 30.8 Å². The first-order valence-electron chi connectivity index (χ1n) is 7.02. The standard InChI is InChI=1S/C16H24N2O2/c1-5-8-11-18(16(19)20)14-9-10-15(13(4)12-14)17(6-2)7-3/h5,8-10,12H,6-7,11H2,1-4H3,(H,19,20). The van der Waals surface area contributed by atoms with Crippen molar-refractivity contribution < 1.29 is 9.90 Å². The molecule has 1 aromatic rings. The molecule has 0 aromatic heterocycles. The zero-order valence-corrected chi connectivity index (χ0v) is 12.8. The van der Waals surface area contributed by atoms with Crippen molar-refractivity contribution in [1.29, 1.82) is 0 Å². The number of hydrogen-bond acceptors (Lipinski definition) is 2. The third-order valence-corrected chi connectivity index (χ3v) is 3.35. The van der Waals surface area contributed by atoms with Crippen molar-refractivity contribution in [3.63, 3.8) is 0 Å². The molecule has 0 unspecified atom stereocenters. The van der Waals surface area contributed by atoms with Crippen LogP contribution in [-0.2, 0) is 0 Å². The number of carbonyl (C=O) groups is 1. The van der Waals surface area contributed by atoms with Crippen LogP contribution in [0, 0.1) is 6.92 Å². The molecule has 20 heavy (non-hydrogen) atoms. The van der Waals surface area contributed by atoms with Crippen LogP contribution in [0.5, 0.6) is 0 Å². The summed E-state index contributed by atoms with van der Waals surface area (Å²) >= 11 is 0. The van der Waals surface area contributed by atoms with Crippen molar-refractivity contribution in [2.45, 2.75) is 27.7 Å². The summed E-state index contributed by atoms with van der Waals surface area (Å²) in [4.78, 5) is 14.9. The third-order valence-electron chi connectivity index (χ3n) is 3.35. The normalized spacial score (nSPS) is 10.8. The molecule has 0 atom stereocenters. The van der Waals surface area contributed by atoms with E-state index in [0.29, 0.717) is 12.2 Å². The second-order valence-corrected chi connectivity index (χ2v) is 4.61. The number of amides is 1. The number of carboxylic acid groups (broad SMARTS) is 1. The molecule has 0 saturated heterocycles. The molecule has 0 saturated carbocycles. The number of benzene rings is 1. The Labute approximate surface area is 121 Å². The maximum atomic E-state index is 11.3. The molecule has 0 bridgehead atoms.